The number of aliphatic imine (C=N–C) groups is 1. The van der Waals surface area contributed by atoms with Crippen molar-refractivity contribution in [3.8, 4) is 0 Å². The van der Waals surface area contributed by atoms with Crippen LogP contribution in [0.1, 0.15) is 24.0 Å². The Hall–Kier alpha value is -2.88. The summed E-state index contributed by atoms with van der Waals surface area (Å²) in [7, 11) is 0. The van der Waals surface area contributed by atoms with Crippen LogP contribution in [0.5, 0.6) is 0 Å². The molecule has 0 saturated carbocycles. The summed E-state index contributed by atoms with van der Waals surface area (Å²) < 4.78 is 28.0. The molecular weight excluding hydrogens is 483 g/mol. The van der Waals surface area contributed by atoms with E-state index in [2.05, 4.69) is 15.4 Å². The molecule has 11 heteroatoms. The van der Waals surface area contributed by atoms with Crippen LogP contribution in [-0.2, 0) is 6.54 Å². The highest BCUT2D eigenvalue weighted by molar-refractivity contribution is 6.31. The quantitative estimate of drug-likeness (QED) is 0.495. The van der Waals surface area contributed by atoms with Gasteiger partial charge in [0.2, 0.25) is 0 Å². The molecule has 0 amide bonds. The van der Waals surface area contributed by atoms with Crippen molar-refractivity contribution < 1.29 is 8.78 Å². The Balaban J connectivity index is 1.64. The standard InChI is InChI=1S/C23H21Cl2F2N7/c24-18-5-1-16(2-6-18)21-22(17-3-7-19(25)8-4-17)33(32-11-9-23(26,27)10-12-32)13-20(30-21)14-34-29-15-28-31-34/h1-8,15H,9-14H2. The molecule has 0 atom stereocenters. The molecule has 0 N–H and O–H groups in total. The van der Waals surface area contributed by atoms with Crippen LogP contribution >= 0.6 is 23.2 Å². The highest BCUT2D eigenvalue weighted by atomic mass is 35.5. The van der Waals surface area contributed by atoms with Gasteiger partial charge in [-0.15, -0.1) is 10.2 Å². The molecule has 0 aliphatic carbocycles. The Labute approximate surface area is 205 Å². The predicted molar refractivity (Wildman–Crippen MR) is 127 cm³/mol. The van der Waals surface area contributed by atoms with Crippen molar-refractivity contribution in [1.82, 2.24) is 30.2 Å². The van der Waals surface area contributed by atoms with Gasteiger partial charge in [-0.05, 0) is 29.5 Å². The first-order chi connectivity index (χ1) is 16.4. The summed E-state index contributed by atoms with van der Waals surface area (Å²) in [5.41, 5.74) is 4.04. The smallest absolute Gasteiger partial charge is 0.250 e. The van der Waals surface area contributed by atoms with Gasteiger partial charge < -0.3 is 0 Å². The number of nitrogens with zero attached hydrogens (tertiary/aromatic N) is 7. The lowest BCUT2D eigenvalue weighted by Gasteiger charge is -2.44. The highest BCUT2D eigenvalue weighted by Crippen LogP contribution is 2.38. The topological polar surface area (TPSA) is 62.4 Å². The van der Waals surface area contributed by atoms with Crippen LogP contribution in [0.4, 0.5) is 8.78 Å². The Morgan fingerprint density at radius 1 is 0.882 bits per heavy atom. The van der Waals surface area contributed by atoms with Gasteiger partial charge in [-0.2, -0.15) is 4.80 Å². The summed E-state index contributed by atoms with van der Waals surface area (Å²) in [5, 5.41) is 17.1. The van der Waals surface area contributed by atoms with E-state index in [1.807, 2.05) is 46.4 Å². The third-order valence-electron chi connectivity index (χ3n) is 5.85. The van der Waals surface area contributed by atoms with Crippen molar-refractivity contribution in [1.29, 1.82) is 0 Å². The summed E-state index contributed by atoms with van der Waals surface area (Å²) in [5.74, 6) is -2.66. The average molecular weight is 504 g/mol. The second kappa shape index (κ2) is 9.40. The molecule has 0 unspecified atom stereocenters. The summed E-state index contributed by atoms with van der Waals surface area (Å²) in [4.78, 5) is 6.44. The number of tetrazole rings is 1. The average Bonchev–Trinajstić information content (AvgIpc) is 3.33. The monoisotopic (exact) mass is 503 g/mol. The van der Waals surface area contributed by atoms with Crippen molar-refractivity contribution in [3.05, 3.63) is 76.0 Å². The molecule has 5 rings (SSSR count). The fraction of sp³-hybridized carbons (Fsp3) is 0.304. The first-order valence-corrected chi connectivity index (χ1v) is 11.6. The molecule has 1 aromatic heterocycles. The molecule has 0 bridgehead atoms. The maximum Gasteiger partial charge on any atom is 0.250 e. The number of aromatic nitrogens is 4. The van der Waals surface area contributed by atoms with Crippen LogP contribution < -0.4 is 0 Å². The normalized spacial score (nSPS) is 18.8. The molecule has 0 spiro atoms. The van der Waals surface area contributed by atoms with Crippen LogP contribution in [-0.4, -0.2) is 61.5 Å². The second-order valence-corrected chi connectivity index (χ2v) is 9.10. The van der Waals surface area contributed by atoms with Gasteiger partial charge in [0.25, 0.3) is 5.92 Å². The van der Waals surface area contributed by atoms with Gasteiger partial charge in [0, 0.05) is 47.1 Å². The van der Waals surface area contributed by atoms with Gasteiger partial charge in [0.05, 0.1) is 23.7 Å². The fourth-order valence-electron chi connectivity index (χ4n) is 4.14. The van der Waals surface area contributed by atoms with Gasteiger partial charge in [-0.25, -0.2) is 13.8 Å². The molecule has 3 aromatic rings. The minimum absolute atomic E-state index is 0.204. The molecule has 0 radical (unpaired) electrons. The molecule has 1 fully saturated rings. The molecule has 34 heavy (non-hydrogen) atoms. The van der Waals surface area contributed by atoms with Crippen LogP contribution in [0.2, 0.25) is 10.0 Å². The lowest BCUT2D eigenvalue weighted by Crippen LogP contribution is -2.51. The lowest BCUT2D eigenvalue weighted by molar-refractivity contribution is -0.0945. The number of alkyl halides is 2. The van der Waals surface area contributed by atoms with E-state index >= 15 is 0 Å². The molecular formula is C23H21Cl2F2N7. The number of hydrogen-bond acceptors (Lipinski definition) is 6. The van der Waals surface area contributed by atoms with Crippen LogP contribution in [0.3, 0.4) is 0 Å². The van der Waals surface area contributed by atoms with E-state index in [9.17, 15) is 8.78 Å². The Morgan fingerprint density at radius 2 is 1.50 bits per heavy atom. The Bertz CT molecular complexity index is 1200. The predicted octanol–water partition coefficient (Wildman–Crippen LogP) is 4.91. The van der Waals surface area contributed by atoms with E-state index in [0.717, 1.165) is 22.5 Å². The number of halogens is 4. The van der Waals surface area contributed by atoms with Gasteiger partial charge in [-0.1, -0.05) is 47.5 Å². The molecule has 2 aliphatic heterocycles. The fourth-order valence-corrected chi connectivity index (χ4v) is 4.39. The van der Waals surface area contributed by atoms with Crippen molar-refractivity contribution in [2.75, 3.05) is 19.6 Å². The summed E-state index contributed by atoms with van der Waals surface area (Å²) in [6, 6.07) is 14.9. The molecule has 2 aliphatic rings. The van der Waals surface area contributed by atoms with Crippen LogP contribution in [0.15, 0.2) is 59.9 Å². The maximum atomic E-state index is 14.0. The van der Waals surface area contributed by atoms with Gasteiger partial charge in [-0.3, -0.25) is 10.0 Å². The number of hydrazine groups is 1. The number of benzene rings is 2. The Morgan fingerprint density at radius 3 is 2.09 bits per heavy atom. The molecule has 1 saturated heterocycles. The Kier molecular flexibility index (Phi) is 6.33. The molecule has 3 heterocycles. The number of hydrogen-bond donors (Lipinski definition) is 0. The molecule has 176 valence electrons. The zero-order valence-electron chi connectivity index (χ0n) is 18.1. The van der Waals surface area contributed by atoms with Crippen LogP contribution in [0, 0.1) is 0 Å². The minimum atomic E-state index is -2.66. The first-order valence-electron chi connectivity index (χ1n) is 10.8. The molecule has 2 aromatic carbocycles. The minimum Gasteiger partial charge on any atom is -0.297 e. The van der Waals surface area contributed by atoms with Crippen molar-refractivity contribution in [3.63, 3.8) is 0 Å². The lowest BCUT2D eigenvalue weighted by atomic mass is 10.0. The van der Waals surface area contributed by atoms with E-state index in [1.165, 1.54) is 11.1 Å². The first kappa shape index (κ1) is 22.9. The maximum absolute atomic E-state index is 14.0. The van der Waals surface area contributed by atoms with Gasteiger partial charge >= 0.3 is 0 Å². The van der Waals surface area contributed by atoms with Gasteiger partial charge in [0.15, 0.2) is 6.33 Å². The SMILES string of the molecule is FC1(F)CCN(N2CC(Cn3ncnn3)=NC(c3ccc(Cl)cc3)=C2c2ccc(Cl)cc2)CC1. The third-order valence-corrected chi connectivity index (χ3v) is 6.35. The van der Waals surface area contributed by atoms with E-state index in [-0.39, 0.29) is 25.9 Å². The van der Waals surface area contributed by atoms with Crippen molar-refractivity contribution in [2.24, 2.45) is 4.99 Å². The third kappa shape index (κ3) is 4.96. The zero-order chi connectivity index (χ0) is 23.7. The number of rotatable bonds is 5. The molecule has 7 nitrogen and oxygen atoms in total. The van der Waals surface area contributed by atoms with Crippen molar-refractivity contribution in [2.45, 2.75) is 25.3 Å². The van der Waals surface area contributed by atoms with Crippen molar-refractivity contribution >= 4 is 40.3 Å². The van der Waals surface area contributed by atoms with E-state index in [4.69, 9.17) is 28.2 Å². The second-order valence-electron chi connectivity index (χ2n) is 8.22. The van der Waals surface area contributed by atoms with E-state index in [1.54, 1.807) is 12.1 Å². The van der Waals surface area contributed by atoms with Crippen LogP contribution in [0.25, 0.3) is 11.4 Å². The summed E-state index contributed by atoms with van der Waals surface area (Å²) in [6.07, 6.45) is 0.957. The van der Waals surface area contributed by atoms with E-state index in [0.29, 0.717) is 28.8 Å². The van der Waals surface area contributed by atoms with E-state index < -0.39 is 5.92 Å². The van der Waals surface area contributed by atoms with Gasteiger partial charge in [0.1, 0.15) is 6.54 Å². The highest BCUT2D eigenvalue weighted by Gasteiger charge is 2.38. The largest absolute Gasteiger partial charge is 0.297 e. The number of piperidine rings is 1. The summed E-state index contributed by atoms with van der Waals surface area (Å²) >= 11 is 12.3. The summed E-state index contributed by atoms with van der Waals surface area (Å²) in [6.45, 7) is 1.19. The zero-order valence-corrected chi connectivity index (χ0v) is 19.6.